The quantitative estimate of drug-likeness (QED) is 0.579. The highest BCUT2D eigenvalue weighted by atomic mass is 35.5. The summed E-state index contributed by atoms with van der Waals surface area (Å²) in [5, 5.41) is 1.44. The molecule has 23 heavy (non-hydrogen) atoms. The molecule has 0 saturated carbocycles. The van der Waals surface area contributed by atoms with Gasteiger partial charge in [0, 0.05) is 15.6 Å². The van der Waals surface area contributed by atoms with Gasteiger partial charge in [0.15, 0.2) is 5.75 Å². The van der Waals surface area contributed by atoms with E-state index in [0.29, 0.717) is 10.0 Å². The van der Waals surface area contributed by atoms with Crippen LogP contribution in [-0.4, -0.2) is 12.6 Å². The van der Waals surface area contributed by atoms with Gasteiger partial charge < -0.3 is 9.47 Å². The average Bonchev–Trinajstić information content (AvgIpc) is 2.48. The second kappa shape index (κ2) is 8.11. The van der Waals surface area contributed by atoms with Crippen molar-refractivity contribution in [1.29, 1.82) is 0 Å². The van der Waals surface area contributed by atoms with Crippen molar-refractivity contribution in [3.05, 3.63) is 61.5 Å². The summed E-state index contributed by atoms with van der Waals surface area (Å²) in [4.78, 5) is 11.7. The zero-order valence-corrected chi connectivity index (χ0v) is 15.1. The predicted molar refractivity (Wildman–Crippen MR) is 93.2 cm³/mol. The first-order valence-corrected chi connectivity index (χ1v) is 8.16. The molecule has 0 fully saturated rings. The van der Waals surface area contributed by atoms with Crippen LogP contribution in [0.2, 0.25) is 20.1 Å². The van der Waals surface area contributed by atoms with E-state index in [1.54, 1.807) is 25.1 Å². The van der Waals surface area contributed by atoms with Gasteiger partial charge >= 0.3 is 5.97 Å². The maximum atomic E-state index is 11.7. The molecule has 0 unspecified atom stereocenters. The Balaban J connectivity index is 2.18. The fourth-order valence-corrected chi connectivity index (χ4v) is 2.88. The summed E-state index contributed by atoms with van der Waals surface area (Å²) in [6.45, 7) is 2.14. The molecule has 2 rings (SSSR count). The smallest absolute Gasteiger partial charge is 0.338 e. The summed E-state index contributed by atoms with van der Waals surface area (Å²) in [5.74, 6) is -0.226. The van der Waals surface area contributed by atoms with Gasteiger partial charge in [0.1, 0.15) is 6.61 Å². The Bertz CT molecular complexity index is 708. The number of esters is 1. The van der Waals surface area contributed by atoms with Gasteiger partial charge in [0.2, 0.25) is 0 Å². The third kappa shape index (κ3) is 4.67. The van der Waals surface area contributed by atoms with E-state index in [4.69, 9.17) is 55.9 Å². The summed E-state index contributed by atoms with van der Waals surface area (Å²) in [6, 6.07) is 7.97. The van der Waals surface area contributed by atoms with E-state index in [1.165, 1.54) is 12.1 Å². The van der Waals surface area contributed by atoms with Gasteiger partial charge in [-0.25, -0.2) is 4.79 Å². The maximum absolute atomic E-state index is 11.7. The maximum Gasteiger partial charge on any atom is 0.338 e. The van der Waals surface area contributed by atoms with Crippen molar-refractivity contribution in [2.45, 2.75) is 13.5 Å². The number of hydrogen-bond acceptors (Lipinski definition) is 3. The van der Waals surface area contributed by atoms with Crippen molar-refractivity contribution in [3.63, 3.8) is 0 Å². The fraction of sp³-hybridized carbons (Fsp3) is 0.188. The van der Waals surface area contributed by atoms with Crippen molar-refractivity contribution >= 4 is 52.4 Å². The van der Waals surface area contributed by atoms with Crippen LogP contribution in [-0.2, 0) is 11.3 Å². The molecule has 3 nitrogen and oxygen atoms in total. The minimum Gasteiger partial charge on any atom is -0.486 e. The summed E-state index contributed by atoms with van der Waals surface area (Å²) in [7, 11) is 0. The number of halogens is 4. The Hall–Kier alpha value is -1.13. The molecule has 0 heterocycles. The Kier molecular flexibility index (Phi) is 6.42. The van der Waals surface area contributed by atoms with E-state index >= 15 is 0 Å². The molecule has 0 amide bonds. The lowest BCUT2D eigenvalue weighted by Gasteiger charge is -2.12. The first-order chi connectivity index (χ1) is 10.9. The van der Waals surface area contributed by atoms with Crippen LogP contribution in [0, 0.1) is 0 Å². The first kappa shape index (κ1) is 18.2. The second-order valence-corrected chi connectivity index (χ2v) is 6.17. The Labute approximate surface area is 154 Å². The summed E-state index contributed by atoms with van der Waals surface area (Å²) < 4.78 is 10.5. The van der Waals surface area contributed by atoms with Crippen LogP contribution < -0.4 is 4.74 Å². The highest BCUT2D eigenvalue weighted by molar-refractivity contribution is 6.37. The van der Waals surface area contributed by atoms with Gasteiger partial charge in [-0.05, 0) is 31.2 Å². The Morgan fingerprint density at radius 3 is 2.22 bits per heavy atom. The van der Waals surface area contributed by atoms with E-state index in [0.717, 1.165) is 5.56 Å². The highest BCUT2D eigenvalue weighted by Crippen LogP contribution is 2.35. The molecular formula is C16H12Cl4O3. The second-order valence-electron chi connectivity index (χ2n) is 4.51. The molecule has 0 atom stereocenters. The predicted octanol–water partition coefficient (Wildman–Crippen LogP) is 6.06. The lowest BCUT2D eigenvalue weighted by Crippen LogP contribution is -2.05. The number of carbonyl (C=O) groups excluding carboxylic acids is 1. The lowest BCUT2D eigenvalue weighted by molar-refractivity contribution is 0.0526. The van der Waals surface area contributed by atoms with Gasteiger partial charge in [-0.3, -0.25) is 0 Å². The van der Waals surface area contributed by atoms with Gasteiger partial charge in [0.05, 0.1) is 22.2 Å². The molecule has 0 spiro atoms. The topological polar surface area (TPSA) is 35.5 Å². The van der Waals surface area contributed by atoms with E-state index in [2.05, 4.69) is 0 Å². The normalized spacial score (nSPS) is 10.5. The Morgan fingerprint density at radius 2 is 1.65 bits per heavy atom. The van der Waals surface area contributed by atoms with Crippen LogP contribution in [0.3, 0.4) is 0 Å². The molecule has 2 aromatic carbocycles. The number of rotatable bonds is 5. The lowest BCUT2D eigenvalue weighted by atomic mass is 10.2. The zero-order valence-electron chi connectivity index (χ0n) is 12.0. The third-order valence-corrected chi connectivity index (χ3v) is 4.04. The standard InChI is InChI=1S/C16H12Cl4O3/c1-2-22-16(21)10-5-13(19)15(14(20)6-10)23-8-9-3-4-11(17)7-12(9)18/h3-7H,2,8H2,1H3. The van der Waals surface area contributed by atoms with Crippen LogP contribution in [0.5, 0.6) is 5.75 Å². The SMILES string of the molecule is CCOC(=O)c1cc(Cl)c(OCc2ccc(Cl)cc2Cl)c(Cl)c1. The molecule has 0 saturated heterocycles. The van der Waals surface area contributed by atoms with Gasteiger partial charge in [-0.2, -0.15) is 0 Å². The van der Waals surface area contributed by atoms with Crippen LogP contribution in [0.4, 0.5) is 0 Å². The number of ether oxygens (including phenoxy) is 2. The molecule has 0 bridgehead atoms. The third-order valence-electron chi connectivity index (χ3n) is 2.90. The van der Waals surface area contributed by atoms with Crippen LogP contribution in [0.15, 0.2) is 30.3 Å². The van der Waals surface area contributed by atoms with E-state index < -0.39 is 5.97 Å². The summed E-state index contributed by atoms with van der Waals surface area (Å²) in [5.41, 5.74) is 0.997. The molecular weight excluding hydrogens is 382 g/mol. The molecule has 0 aromatic heterocycles. The molecule has 0 radical (unpaired) electrons. The molecule has 0 aliphatic heterocycles. The average molecular weight is 394 g/mol. The highest BCUT2D eigenvalue weighted by Gasteiger charge is 2.15. The fourth-order valence-electron chi connectivity index (χ4n) is 1.82. The minimum absolute atomic E-state index is 0.161. The van der Waals surface area contributed by atoms with Crippen molar-refractivity contribution in [2.24, 2.45) is 0 Å². The molecule has 0 aliphatic carbocycles. The molecule has 2 aromatic rings. The van der Waals surface area contributed by atoms with Crippen LogP contribution >= 0.6 is 46.4 Å². The van der Waals surface area contributed by atoms with Crippen molar-refractivity contribution in [1.82, 2.24) is 0 Å². The zero-order chi connectivity index (χ0) is 17.0. The van der Waals surface area contributed by atoms with E-state index in [9.17, 15) is 4.79 Å². The number of carbonyl (C=O) groups is 1. The van der Waals surface area contributed by atoms with Crippen molar-refractivity contribution < 1.29 is 14.3 Å². The molecule has 7 heteroatoms. The van der Waals surface area contributed by atoms with Gasteiger partial charge in [-0.1, -0.05) is 52.5 Å². The van der Waals surface area contributed by atoms with Crippen LogP contribution in [0.25, 0.3) is 0 Å². The minimum atomic E-state index is -0.497. The van der Waals surface area contributed by atoms with Gasteiger partial charge in [-0.15, -0.1) is 0 Å². The van der Waals surface area contributed by atoms with E-state index in [1.807, 2.05) is 0 Å². The molecule has 122 valence electrons. The molecule has 0 N–H and O–H groups in total. The van der Waals surface area contributed by atoms with Gasteiger partial charge in [0.25, 0.3) is 0 Å². The summed E-state index contributed by atoms with van der Waals surface area (Å²) >= 11 is 24.2. The van der Waals surface area contributed by atoms with Crippen LogP contribution in [0.1, 0.15) is 22.8 Å². The number of benzene rings is 2. The largest absolute Gasteiger partial charge is 0.486 e. The van der Waals surface area contributed by atoms with E-state index in [-0.39, 0.29) is 34.6 Å². The number of hydrogen-bond donors (Lipinski definition) is 0. The Morgan fingerprint density at radius 1 is 1.00 bits per heavy atom. The monoisotopic (exact) mass is 392 g/mol. The van der Waals surface area contributed by atoms with Crippen molar-refractivity contribution in [2.75, 3.05) is 6.61 Å². The van der Waals surface area contributed by atoms with Crippen molar-refractivity contribution in [3.8, 4) is 5.75 Å². The first-order valence-electron chi connectivity index (χ1n) is 6.65. The molecule has 0 aliphatic rings. The summed E-state index contributed by atoms with van der Waals surface area (Å²) in [6.07, 6.45) is 0.